The summed E-state index contributed by atoms with van der Waals surface area (Å²) in [6, 6.07) is -1.80. The normalized spacial score (nSPS) is 13.9. The van der Waals surface area contributed by atoms with E-state index in [9.17, 15) is 9.59 Å². The van der Waals surface area contributed by atoms with Crippen LogP contribution in [0.25, 0.3) is 0 Å². The summed E-state index contributed by atoms with van der Waals surface area (Å²) in [6.07, 6.45) is 2.78. The van der Waals surface area contributed by atoms with Gasteiger partial charge in [-0.25, -0.2) is 9.59 Å². The summed E-state index contributed by atoms with van der Waals surface area (Å²) >= 11 is 0. The Morgan fingerprint density at radius 3 is 1.57 bits per heavy atom. The van der Waals surface area contributed by atoms with Crippen molar-refractivity contribution in [3.63, 3.8) is 0 Å². The molecule has 0 spiro atoms. The first kappa shape index (κ1) is 16.0. The largest absolute Gasteiger partial charge is 0.480 e. The van der Waals surface area contributed by atoms with Crippen LogP contribution >= 0.6 is 0 Å². The van der Waals surface area contributed by atoms with Gasteiger partial charge >= 0.3 is 11.9 Å². The summed E-state index contributed by atoms with van der Waals surface area (Å²) in [5.74, 6) is -3.06. The predicted molar refractivity (Wildman–Crippen MR) is 45.4 cm³/mol. The van der Waals surface area contributed by atoms with Crippen molar-refractivity contribution in [2.24, 2.45) is 5.73 Å². The van der Waals surface area contributed by atoms with Gasteiger partial charge in [-0.05, 0) is 25.9 Å². The van der Waals surface area contributed by atoms with E-state index in [-0.39, 0.29) is 21.1 Å². The van der Waals surface area contributed by atoms with E-state index in [1.165, 1.54) is 25.9 Å². The van der Waals surface area contributed by atoms with Crippen molar-refractivity contribution < 1.29 is 40.9 Å². The summed E-state index contributed by atoms with van der Waals surface area (Å²) in [4.78, 5) is 19.3. The molecule has 7 heteroatoms. The fraction of sp³-hybridized carbons (Fsp3) is 0.714. The molecule has 0 aromatic rings. The number of carboxylic acids is 2. The molecule has 0 bridgehead atoms. The maximum Gasteiger partial charge on any atom is 0.332 e. The van der Waals surface area contributed by atoms with Crippen molar-refractivity contribution in [2.75, 3.05) is 13.1 Å². The van der Waals surface area contributed by atoms with Crippen LogP contribution in [-0.4, -0.2) is 41.3 Å². The maximum atomic E-state index is 9.63. The fourth-order valence-electron chi connectivity index (χ4n) is 0.731. The molecule has 6 nitrogen and oxygen atoms in total. The van der Waals surface area contributed by atoms with Crippen LogP contribution in [0.4, 0.5) is 0 Å². The van der Waals surface area contributed by atoms with Gasteiger partial charge in [0.15, 0.2) is 0 Å². The third-order valence-electron chi connectivity index (χ3n) is 1.49. The molecule has 0 aromatic carbocycles. The molecule has 1 heterocycles. The standard InChI is InChI=1S/C4H9N.C3H5NO4.Pt/c1-2-4-5-3-1;4-1(2(5)6)3(7)8;/h5H,1-4H2;1H,4H2,(H,5,6)(H,7,8);. The van der Waals surface area contributed by atoms with E-state index >= 15 is 0 Å². The third-order valence-corrected chi connectivity index (χ3v) is 1.49. The van der Waals surface area contributed by atoms with Gasteiger partial charge in [-0.15, -0.1) is 0 Å². The van der Waals surface area contributed by atoms with Crippen LogP contribution in [0.3, 0.4) is 0 Å². The van der Waals surface area contributed by atoms with Gasteiger partial charge in [0.1, 0.15) is 0 Å². The van der Waals surface area contributed by atoms with Gasteiger partial charge in [-0.1, -0.05) is 0 Å². The minimum Gasteiger partial charge on any atom is -0.480 e. The van der Waals surface area contributed by atoms with E-state index in [4.69, 9.17) is 10.2 Å². The molecular weight excluding hydrogens is 371 g/mol. The maximum absolute atomic E-state index is 9.63. The molecule has 0 saturated carbocycles. The van der Waals surface area contributed by atoms with Gasteiger partial charge in [0.2, 0.25) is 6.04 Å². The number of hydrogen-bond acceptors (Lipinski definition) is 4. The molecule has 1 aliphatic heterocycles. The van der Waals surface area contributed by atoms with Gasteiger partial charge in [0.05, 0.1) is 0 Å². The van der Waals surface area contributed by atoms with Gasteiger partial charge in [0.25, 0.3) is 0 Å². The monoisotopic (exact) mass is 385 g/mol. The Balaban J connectivity index is 0. The Morgan fingerprint density at radius 2 is 1.50 bits per heavy atom. The van der Waals surface area contributed by atoms with Crippen LogP contribution in [0.2, 0.25) is 0 Å². The van der Waals surface area contributed by atoms with Crippen molar-refractivity contribution in [3.05, 3.63) is 0 Å². The molecule has 14 heavy (non-hydrogen) atoms. The molecule has 5 N–H and O–H groups in total. The second-order valence-corrected chi connectivity index (χ2v) is 2.61. The molecule has 1 fully saturated rings. The topological polar surface area (TPSA) is 113 Å². The smallest absolute Gasteiger partial charge is 0.332 e. The molecule has 0 atom stereocenters. The van der Waals surface area contributed by atoms with E-state index in [1.807, 2.05) is 0 Å². The number of aliphatic carboxylic acids is 2. The van der Waals surface area contributed by atoms with E-state index < -0.39 is 18.0 Å². The quantitative estimate of drug-likeness (QED) is 0.447. The molecule has 1 saturated heterocycles. The molecule has 0 radical (unpaired) electrons. The molecule has 0 unspecified atom stereocenters. The van der Waals surface area contributed by atoms with Crippen LogP contribution in [0, 0.1) is 0 Å². The summed E-state index contributed by atoms with van der Waals surface area (Å²) in [7, 11) is 0. The second kappa shape index (κ2) is 9.12. The minimum atomic E-state index is -1.80. The Morgan fingerprint density at radius 1 is 1.14 bits per heavy atom. The number of rotatable bonds is 2. The molecule has 1 rings (SSSR count). The van der Waals surface area contributed by atoms with Gasteiger partial charge in [-0.2, -0.15) is 0 Å². The fourth-order valence-corrected chi connectivity index (χ4v) is 0.731. The van der Waals surface area contributed by atoms with E-state index in [2.05, 4.69) is 11.1 Å². The number of carbonyl (C=O) groups is 2. The summed E-state index contributed by atoms with van der Waals surface area (Å²) in [5, 5.41) is 18.9. The van der Waals surface area contributed by atoms with Crippen molar-refractivity contribution in [1.29, 1.82) is 0 Å². The zero-order chi connectivity index (χ0) is 10.3. The zero-order valence-electron chi connectivity index (χ0n) is 7.51. The van der Waals surface area contributed by atoms with Gasteiger partial charge in [0, 0.05) is 21.1 Å². The number of carboxylic acid groups (broad SMARTS) is 2. The van der Waals surface area contributed by atoms with E-state index in [0.717, 1.165) is 0 Å². The SMILES string of the molecule is C1CCNC1.NC(C(=O)O)C(=O)O.[Pt]. The summed E-state index contributed by atoms with van der Waals surface area (Å²) in [5.41, 5.74) is 4.56. The molecule has 0 aromatic heterocycles. The van der Waals surface area contributed by atoms with E-state index in [0.29, 0.717) is 0 Å². The molecular formula is C7H14N2O4Pt. The first-order chi connectivity index (χ1) is 6.05. The van der Waals surface area contributed by atoms with Crippen molar-refractivity contribution in [1.82, 2.24) is 5.32 Å². The Labute approximate surface area is 96.1 Å². The van der Waals surface area contributed by atoms with Crippen molar-refractivity contribution in [2.45, 2.75) is 18.9 Å². The molecule has 1 aliphatic rings. The van der Waals surface area contributed by atoms with Gasteiger partial charge in [-0.3, -0.25) is 0 Å². The average molecular weight is 385 g/mol. The first-order valence-electron chi connectivity index (χ1n) is 3.97. The summed E-state index contributed by atoms with van der Waals surface area (Å²) < 4.78 is 0. The average Bonchev–Trinajstić information content (AvgIpc) is 2.59. The third kappa shape index (κ3) is 8.16. The Kier molecular flexibility index (Phi) is 10.4. The van der Waals surface area contributed by atoms with Crippen molar-refractivity contribution >= 4 is 11.9 Å². The van der Waals surface area contributed by atoms with Crippen molar-refractivity contribution in [3.8, 4) is 0 Å². The molecule has 0 aliphatic carbocycles. The number of nitrogens with two attached hydrogens (primary N) is 1. The summed E-state index contributed by atoms with van der Waals surface area (Å²) in [6.45, 7) is 2.50. The van der Waals surface area contributed by atoms with Crippen LogP contribution in [0.1, 0.15) is 12.8 Å². The zero-order valence-corrected chi connectivity index (χ0v) is 9.78. The molecule has 86 valence electrons. The predicted octanol–water partition coefficient (Wildman–Crippen LogP) is -1.15. The Bertz CT molecular complexity index is 163. The van der Waals surface area contributed by atoms with Crippen LogP contribution < -0.4 is 11.1 Å². The number of nitrogens with one attached hydrogen (secondary N) is 1. The first-order valence-corrected chi connectivity index (χ1v) is 3.97. The van der Waals surface area contributed by atoms with Crippen LogP contribution in [0.15, 0.2) is 0 Å². The Hall–Kier alpha value is -0.452. The number of hydrogen-bond donors (Lipinski definition) is 4. The van der Waals surface area contributed by atoms with Crippen LogP contribution in [-0.2, 0) is 30.7 Å². The second-order valence-electron chi connectivity index (χ2n) is 2.61. The van der Waals surface area contributed by atoms with Crippen LogP contribution in [0.5, 0.6) is 0 Å². The molecule has 0 amide bonds. The minimum absolute atomic E-state index is 0. The van der Waals surface area contributed by atoms with Gasteiger partial charge < -0.3 is 21.3 Å². The van der Waals surface area contributed by atoms with E-state index in [1.54, 1.807) is 0 Å².